The van der Waals surface area contributed by atoms with Gasteiger partial charge >= 0.3 is 0 Å². The normalized spacial score (nSPS) is 26.3. The third-order valence-electron chi connectivity index (χ3n) is 6.53. The van der Waals surface area contributed by atoms with Gasteiger partial charge in [-0.3, -0.25) is 0 Å². The van der Waals surface area contributed by atoms with Gasteiger partial charge in [0.2, 0.25) is 0 Å². The Bertz CT molecular complexity index is 799. The van der Waals surface area contributed by atoms with Crippen molar-refractivity contribution >= 4 is 12.4 Å². The lowest BCUT2D eigenvalue weighted by Gasteiger charge is -2.49. The van der Waals surface area contributed by atoms with Gasteiger partial charge in [-0.05, 0) is 68.0 Å². The number of nitrogens with zero attached hydrogens (tertiary/aromatic N) is 1. The average Bonchev–Trinajstić information content (AvgIpc) is 3.16. The van der Waals surface area contributed by atoms with E-state index in [1.807, 2.05) is 0 Å². The molecule has 0 aromatic heterocycles. The number of likely N-dealkylation sites (tertiary alicyclic amines) is 1. The Kier molecular flexibility index (Phi) is 4.85. The van der Waals surface area contributed by atoms with Crippen LogP contribution < -0.4 is 0 Å². The van der Waals surface area contributed by atoms with E-state index < -0.39 is 0 Å². The molecule has 0 spiro atoms. The molecule has 26 heavy (non-hydrogen) atoms. The molecule has 6 rings (SSSR count). The molecule has 0 N–H and O–H groups in total. The van der Waals surface area contributed by atoms with Gasteiger partial charge < -0.3 is 9.64 Å². The van der Waals surface area contributed by atoms with Gasteiger partial charge in [0, 0.05) is 12.5 Å². The minimum absolute atomic E-state index is 0. The first-order chi connectivity index (χ1) is 12.3. The van der Waals surface area contributed by atoms with Crippen LogP contribution in [0.15, 0.2) is 42.5 Å². The molecule has 0 radical (unpaired) electrons. The average molecular weight is 370 g/mol. The number of ether oxygens (including phenoxy) is 1. The third kappa shape index (κ3) is 2.70. The van der Waals surface area contributed by atoms with Crippen LogP contribution in [0.5, 0.6) is 0 Å². The Morgan fingerprint density at radius 1 is 1.04 bits per heavy atom. The zero-order chi connectivity index (χ0) is 16.9. The van der Waals surface area contributed by atoms with Crippen molar-refractivity contribution in [1.82, 2.24) is 4.90 Å². The van der Waals surface area contributed by atoms with Crippen molar-refractivity contribution in [2.75, 3.05) is 26.2 Å². The predicted molar refractivity (Wildman–Crippen MR) is 108 cm³/mol. The van der Waals surface area contributed by atoms with E-state index >= 15 is 0 Å². The number of benzene rings is 2. The number of fused-ring (bicyclic) bond motifs is 1. The highest BCUT2D eigenvalue weighted by atomic mass is 35.5. The zero-order valence-corrected chi connectivity index (χ0v) is 16.4. The Morgan fingerprint density at radius 3 is 2.65 bits per heavy atom. The van der Waals surface area contributed by atoms with Gasteiger partial charge in [0.25, 0.3) is 0 Å². The molecule has 2 nitrogen and oxygen atoms in total. The molecule has 0 amide bonds. The zero-order valence-electron chi connectivity index (χ0n) is 15.5. The van der Waals surface area contributed by atoms with E-state index in [-0.39, 0.29) is 18.0 Å². The van der Waals surface area contributed by atoms with Crippen molar-refractivity contribution < 1.29 is 4.74 Å². The van der Waals surface area contributed by atoms with Gasteiger partial charge in [-0.15, -0.1) is 12.4 Å². The van der Waals surface area contributed by atoms with Gasteiger partial charge in [0.15, 0.2) is 0 Å². The van der Waals surface area contributed by atoms with Crippen LogP contribution in [0.4, 0.5) is 0 Å². The molecule has 1 heterocycles. The fraction of sp³-hybridized carbons (Fsp3) is 0.478. The van der Waals surface area contributed by atoms with Crippen molar-refractivity contribution in [3.05, 3.63) is 70.3 Å². The predicted octanol–water partition coefficient (Wildman–Crippen LogP) is 5.01. The summed E-state index contributed by atoms with van der Waals surface area (Å²) in [6.45, 7) is 6.57. The van der Waals surface area contributed by atoms with E-state index in [1.165, 1.54) is 60.2 Å². The van der Waals surface area contributed by atoms with Gasteiger partial charge in [0.05, 0.1) is 6.61 Å². The van der Waals surface area contributed by atoms with Crippen molar-refractivity contribution in [3.8, 4) is 0 Å². The molecule has 2 aromatic rings. The molecule has 1 aliphatic heterocycles. The van der Waals surface area contributed by atoms with Crippen LogP contribution in [-0.2, 0) is 10.3 Å². The maximum absolute atomic E-state index is 6.79. The summed E-state index contributed by atoms with van der Waals surface area (Å²) < 4.78 is 6.79. The number of hydrogen-bond acceptors (Lipinski definition) is 2. The summed E-state index contributed by atoms with van der Waals surface area (Å²) in [5, 5.41) is 0. The van der Waals surface area contributed by atoms with Crippen molar-refractivity contribution in [1.29, 1.82) is 0 Å². The summed E-state index contributed by atoms with van der Waals surface area (Å²) >= 11 is 0. The first-order valence-electron chi connectivity index (χ1n) is 9.85. The van der Waals surface area contributed by atoms with E-state index in [2.05, 4.69) is 54.3 Å². The molecule has 3 aliphatic carbocycles. The van der Waals surface area contributed by atoms with E-state index in [0.717, 1.165) is 19.6 Å². The number of halogens is 1. The molecule has 2 aromatic carbocycles. The van der Waals surface area contributed by atoms with Crippen molar-refractivity contribution in [2.45, 2.75) is 44.1 Å². The summed E-state index contributed by atoms with van der Waals surface area (Å²) in [7, 11) is 0. The van der Waals surface area contributed by atoms with Crippen LogP contribution in [0.25, 0.3) is 0 Å². The topological polar surface area (TPSA) is 12.5 Å². The van der Waals surface area contributed by atoms with Gasteiger partial charge in [-0.2, -0.15) is 0 Å². The van der Waals surface area contributed by atoms with Crippen LogP contribution in [0.3, 0.4) is 0 Å². The monoisotopic (exact) mass is 369 g/mol. The van der Waals surface area contributed by atoms with Gasteiger partial charge in [-0.1, -0.05) is 48.0 Å². The van der Waals surface area contributed by atoms with Crippen LogP contribution >= 0.6 is 12.4 Å². The lowest BCUT2D eigenvalue weighted by molar-refractivity contribution is -0.0453. The van der Waals surface area contributed by atoms with Crippen LogP contribution in [0, 0.1) is 6.92 Å². The van der Waals surface area contributed by atoms with Crippen LogP contribution in [0.2, 0.25) is 0 Å². The van der Waals surface area contributed by atoms with E-state index in [0.29, 0.717) is 5.92 Å². The maximum Gasteiger partial charge on any atom is 0.119 e. The quantitative estimate of drug-likeness (QED) is 0.750. The van der Waals surface area contributed by atoms with E-state index in [9.17, 15) is 0 Å². The number of hydrogen-bond donors (Lipinski definition) is 0. The second-order valence-corrected chi connectivity index (χ2v) is 7.99. The molecular formula is C23H28ClNO. The number of rotatable bonds is 4. The van der Waals surface area contributed by atoms with Crippen LogP contribution in [-0.4, -0.2) is 31.1 Å². The van der Waals surface area contributed by atoms with Crippen molar-refractivity contribution in [2.24, 2.45) is 0 Å². The molecule has 1 saturated heterocycles. The van der Waals surface area contributed by atoms with Crippen LogP contribution in [0.1, 0.15) is 59.4 Å². The highest BCUT2D eigenvalue weighted by Gasteiger charge is 2.49. The molecule has 3 heteroatoms. The lowest BCUT2D eigenvalue weighted by atomic mass is 9.61. The summed E-state index contributed by atoms with van der Waals surface area (Å²) in [5.74, 6) is 0.552. The highest BCUT2D eigenvalue weighted by molar-refractivity contribution is 5.85. The molecule has 2 atom stereocenters. The second kappa shape index (κ2) is 6.99. The molecular weight excluding hydrogens is 342 g/mol. The van der Waals surface area contributed by atoms with Gasteiger partial charge in [-0.25, -0.2) is 0 Å². The summed E-state index contributed by atoms with van der Waals surface area (Å²) in [6.07, 6.45) is 5.01. The van der Waals surface area contributed by atoms with Crippen molar-refractivity contribution in [3.63, 3.8) is 0 Å². The highest BCUT2D eigenvalue weighted by Crippen LogP contribution is 2.56. The Labute approximate surface area is 163 Å². The lowest BCUT2D eigenvalue weighted by Crippen LogP contribution is -2.43. The maximum atomic E-state index is 6.79. The Balaban J connectivity index is 0.00000168. The first-order valence-corrected chi connectivity index (χ1v) is 9.85. The Morgan fingerprint density at radius 2 is 1.81 bits per heavy atom. The summed E-state index contributed by atoms with van der Waals surface area (Å²) in [6, 6.07) is 16.0. The molecule has 2 bridgehead atoms. The standard InChI is InChI=1S/C23H27NO.ClH/c1-17-8-9-20-18-10-11-23(22(20)16-17,21-7-3-2-6-19(18)21)25-15-14-24-12-4-5-13-24;/h2-3,6-9,16,18H,4-5,10-15H2,1H3;1H. The molecule has 2 unspecified atom stereocenters. The SMILES string of the molecule is Cc1ccc2c(c1)C1(OCCN3CCCC3)CCC2c2ccccc21.Cl. The fourth-order valence-electron chi connectivity index (χ4n) is 5.32. The number of aryl methyl sites for hydroxylation is 1. The molecule has 4 aliphatic rings. The molecule has 1 fully saturated rings. The molecule has 138 valence electrons. The minimum Gasteiger partial charge on any atom is -0.364 e. The summed E-state index contributed by atoms with van der Waals surface area (Å²) in [5.41, 5.74) is 6.95. The second-order valence-electron chi connectivity index (χ2n) is 7.99. The minimum atomic E-state index is -0.230. The van der Waals surface area contributed by atoms with Gasteiger partial charge in [0.1, 0.15) is 5.60 Å². The fourth-order valence-corrected chi connectivity index (χ4v) is 5.32. The third-order valence-corrected chi connectivity index (χ3v) is 6.53. The smallest absolute Gasteiger partial charge is 0.119 e. The Hall–Kier alpha value is -1.35. The van der Waals surface area contributed by atoms with E-state index in [1.54, 1.807) is 0 Å². The van der Waals surface area contributed by atoms with E-state index in [4.69, 9.17) is 4.74 Å². The largest absolute Gasteiger partial charge is 0.364 e. The first kappa shape index (κ1) is 18.0. The molecule has 0 saturated carbocycles. The summed E-state index contributed by atoms with van der Waals surface area (Å²) in [4.78, 5) is 2.55.